The topological polar surface area (TPSA) is 108 Å². The van der Waals surface area contributed by atoms with Crippen LogP contribution in [0.3, 0.4) is 0 Å². The van der Waals surface area contributed by atoms with E-state index in [4.69, 9.17) is 0 Å². The molecule has 0 unspecified atom stereocenters. The number of halogens is 1. The van der Waals surface area contributed by atoms with Crippen LogP contribution in [0.25, 0.3) is 0 Å². The van der Waals surface area contributed by atoms with Gasteiger partial charge >= 0.3 is 6.03 Å². The Labute approximate surface area is 190 Å². The summed E-state index contributed by atoms with van der Waals surface area (Å²) in [7, 11) is -3.90. The molecule has 10 heteroatoms. The van der Waals surface area contributed by atoms with Crippen molar-refractivity contribution in [1.29, 1.82) is 0 Å². The quantitative estimate of drug-likeness (QED) is 0.513. The average Bonchev–Trinajstić information content (AvgIpc) is 3.22. The molecule has 3 N–H and O–H groups in total. The number of urea groups is 1. The fourth-order valence-electron chi connectivity index (χ4n) is 3.33. The maximum atomic E-state index is 13.4. The van der Waals surface area contributed by atoms with Crippen molar-refractivity contribution in [2.45, 2.75) is 11.8 Å². The fourth-order valence-corrected chi connectivity index (χ4v) is 4.48. The molecule has 1 fully saturated rings. The van der Waals surface area contributed by atoms with Crippen LogP contribution in [0.2, 0.25) is 0 Å². The Morgan fingerprint density at radius 3 is 2.27 bits per heavy atom. The smallest absolute Gasteiger partial charge is 0.321 e. The standard InChI is InChI=1S/C23H21FN4O4S/c1-15-14-20(10-11-21(15)24)33(31,32)27-18-4-2-16(3-5-18)22(29)26-17-6-8-19(9-7-17)28-13-12-25-23(28)30/h2-11,14,27H,12-13H2,1H3,(H,25,30)(H,26,29). The number of benzene rings is 3. The number of aryl methyl sites for hydroxylation is 1. The van der Waals surface area contributed by atoms with E-state index in [1.165, 1.54) is 43.3 Å². The number of amides is 3. The van der Waals surface area contributed by atoms with Gasteiger partial charge in [0.05, 0.1) is 4.90 Å². The maximum Gasteiger partial charge on any atom is 0.321 e. The molecule has 0 aromatic heterocycles. The Hall–Kier alpha value is -3.92. The summed E-state index contributed by atoms with van der Waals surface area (Å²) in [6, 6.07) is 16.2. The highest BCUT2D eigenvalue weighted by Gasteiger charge is 2.21. The van der Waals surface area contributed by atoms with Crippen LogP contribution in [0.15, 0.2) is 71.6 Å². The number of nitrogens with zero attached hydrogens (tertiary/aromatic N) is 1. The number of carbonyl (C=O) groups is 2. The van der Waals surface area contributed by atoms with Crippen molar-refractivity contribution < 1.29 is 22.4 Å². The van der Waals surface area contributed by atoms with Crippen LogP contribution in [0, 0.1) is 12.7 Å². The molecule has 3 aromatic carbocycles. The van der Waals surface area contributed by atoms with Crippen LogP contribution in [-0.2, 0) is 10.0 Å². The highest BCUT2D eigenvalue weighted by Crippen LogP contribution is 2.21. The molecule has 170 valence electrons. The molecule has 3 amide bonds. The van der Waals surface area contributed by atoms with Gasteiger partial charge in [0.2, 0.25) is 0 Å². The molecule has 4 rings (SSSR count). The van der Waals surface area contributed by atoms with Crippen LogP contribution < -0.4 is 20.3 Å². The van der Waals surface area contributed by atoms with E-state index in [2.05, 4.69) is 15.4 Å². The monoisotopic (exact) mass is 468 g/mol. The Kier molecular flexibility index (Phi) is 6.01. The van der Waals surface area contributed by atoms with Crippen molar-refractivity contribution in [2.24, 2.45) is 0 Å². The van der Waals surface area contributed by atoms with Gasteiger partial charge in [-0.3, -0.25) is 14.4 Å². The normalized spacial score (nSPS) is 13.5. The van der Waals surface area contributed by atoms with E-state index >= 15 is 0 Å². The zero-order valence-corrected chi connectivity index (χ0v) is 18.4. The van der Waals surface area contributed by atoms with Gasteiger partial charge in [-0.1, -0.05) is 0 Å². The van der Waals surface area contributed by atoms with E-state index in [1.54, 1.807) is 29.2 Å². The molecule has 1 aliphatic rings. The SMILES string of the molecule is Cc1cc(S(=O)(=O)Nc2ccc(C(=O)Nc3ccc(N4CCNC4=O)cc3)cc2)ccc1F. The Bertz CT molecular complexity index is 1310. The molecular formula is C23H21FN4O4S. The van der Waals surface area contributed by atoms with Crippen molar-refractivity contribution >= 4 is 39.0 Å². The molecule has 0 bridgehead atoms. The second kappa shape index (κ2) is 8.91. The molecule has 0 aliphatic carbocycles. The molecule has 1 saturated heterocycles. The summed E-state index contributed by atoms with van der Waals surface area (Å²) in [4.78, 5) is 25.8. The van der Waals surface area contributed by atoms with Crippen molar-refractivity contribution in [1.82, 2.24) is 5.32 Å². The molecule has 8 nitrogen and oxygen atoms in total. The summed E-state index contributed by atoms with van der Waals surface area (Å²) in [6.45, 7) is 2.66. The zero-order chi connectivity index (χ0) is 23.6. The summed E-state index contributed by atoms with van der Waals surface area (Å²) < 4.78 is 40.9. The van der Waals surface area contributed by atoms with E-state index in [0.29, 0.717) is 24.3 Å². The minimum absolute atomic E-state index is 0.0573. The second-order valence-electron chi connectivity index (χ2n) is 7.48. The van der Waals surface area contributed by atoms with Gasteiger partial charge in [0, 0.05) is 35.7 Å². The molecule has 0 saturated carbocycles. The van der Waals surface area contributed by atoms with Gasteiger partial charge < -0.3 is 10.6 Å². The zero-order valence-electron chi connectivity index (χ0n) is 17.6. The van der Waals surface area contributed by atoms with Crippen molar-refractivity contribution in [2.75, 3.05) is 28.0 Å². The number of anilines is 3. The fraction of sp³-hybridized carbons (Fsp3) is 0.130. The predicted octanol–water partition coefficient (Wildman–Crippen LogP) is 3.72. The van der Waals surface area contributed by atoms with Gasteiger partial charge in [-0.05, 0) is 79.2 Å². The van der Waals surface area contributed by atoms with Gasteiger partial charge in [0.1, 0.15) is 5.82 Å². The van der Waals surface area contributed by atoms with Crippen molar-refractivity contribution in [3.8, 4) is 0 Å². The third-order valence-corrected chi connectivity index (χ3v) is 6.51. The minimum Gasteiger partial charge on any atom is -0.336 e. The first-order chi connectivity index (χ1) is 15.7. The van der Waals surface area contributed by atoms with Crippen molar-refractivity contribution in [3.63, 3.8) is 0 Å². The first-order valence-electron chi connectivity index (χ1n) is 10.1. The van der Waals surface area contributed by atoms with E-state index < -0.39 is 15.8 Å². The van der Waals surface area contributed by atoms with Crippen LogP contribution in [0.5, 0.6) is 0 Å². The Morgan fingerprint density at radius 1 is 1.00 bits per heavy atom. The summed E-state index contributed by atoms with van der Waals surface area (Å²) in [5, 5.41) is 5.49. The maximum absolute atomic E-state index is 13.4. The van der Waals surface area contributed by atoms with Gasteiger partial charge in [-0.25, -0.2) is 17.6 Å². The number of hydrogen-bond acceptors (Lipinski definition) is 4. The number of hydrogen-bond donors (Lipinski definition) is 3. The van der Waals surface area contributed by atoms with Crippen LogP contribution >= 0.6 is 0 Å². The number of carbonyl (C=O) groups excluding carboxylic acids is 2. The summed E-state index contributed by atoms with van der Waals surface area (Å²) in [6.07, 6.45) is 0. The van der Waals surface area contributed by atoms with E-state index in [0.717, 1.165) is 11.8 Å². The number of sulfonamides is 1. The van der Waals surface area contributed by atoms with Crippen LogP contribution in [0.4, 0.5) is 26.2 Å². The number of rotatable bonds is 6. The third-order valence-electron chi connectivity index (χ3n) is 5.13. The lowest BCUT2D eigenvalue weighted by molar-refractivity contribution is 0.102. The first kappa shape index (κ1) is 22.3. The molecule has 33 heavy (non-hydrogen) atoms. The Balaban J connectivity index is 1.41. The lowest BCUT2D eigenvalue weighted by atomic mass is 10.2. The number of nitrogens with one attached hydrogen (secondary N) is 3. The molecule has 1 heterocycles. The van der Waals surface area contributed by atoms with E-state index in [9.17, 15) is 22.4 Å². The van der Waals surface area contributed by atoms with Gasteiger partial charge in [0.25, 0.3) is 15.9 Å². The highest BCUT2D eigenvalue weighted by atomic mass is 32.2. The van der Waals surface area contributed by atoms with Gasteiger partial charge in [0.15, 0.2) is 0 Å². The second-order valence-corrected chi connectivity index (χ2v) is 9.16. The lowest BCUT2D eigenvalue weighted by Crippen LogP contribution is -2.27. The van der Waals surface area contributed by atoms with Crippen LogP contribution in [-0.4, -0.2) is 33.4 Å². The molecule has 0 atom stereocenters. The molecular weight excluding hydrogens is 447 g/mol. The summed E-state index contributed by atoms with van der Waals surface area (Å²) in [5.74, 6) is -0.856. The molecule has 0 radical (unpaired) electrons. The Morgan fingerprint density at radius 2 is 1.67 bits per heavy atom. The third kappa shape index (κ3) is 4.96. The van der Waals surface area contributed by atoms with E-state index in [-0.39, 0.29) is 28.1 Å². The van der Waals surface area contributed by atoms with Gasteiger partial charge in [-0.15, -0.1) is 0 Å². The van der Waals surface area contributed by atoms with E-state index in [1.807, 2.05) is 0 Å². The lowest BCUT2D eigenvalue weighted by Gasteiger charge is -2.14. The predicted molar refractivity (Wildman–Crippen MR) is 124 cm³/mol. The molecule has 1 aliphatic heterocycles. The van der Waals surface area contributed by atoms with Crippen LogP contribution in [0.1, 0.15) is 15.9 Å². The highest BCUT2D eigenvalue weighted by molar-refractivity contribution is 7.92. The molecule has 3 aromatic rings. The molecule has 0 spiro atoms. The van der Waals surface area contributed by atoms with Gasteiger partial charge in [-0.2, -0.15) is 0 Å². The largest absolute Gasteiger partial charge is 0.336 e. The first-order valence-corrected chi connectivity index (χ1v) is 11.6. The summed E-state index contributed by atoms with van der Waals surface area (Å²) >= 11 is 0. The minimum atomic E-state index is -3.90. The summed E-state index contributed by atoms with van der Waals surface area (Å²) in [5.41, 5.74) is 2.11. The average molecular weight is 469 g/mol. The van der Waals surface area contributed by atoms with Crippen molar-refractivity contribution in [3.05, 3.63) is 83.7 Å².